The van der Waals surface area contributed by atoms with Crippen molar-refractivity contribution in [2.24, 2.45) is 11.5 Å². The van der Waals surface area contributed by atoms with Crippen LogP contribution in [0, 0.1) is 0 Å². The van der Waals surface area contributed by atoms with Crippen molar-refractivity contribution >= 4 is 23.7 Å². The third kappa shape index (κ3) is 10.8. The highest BCUT2D eigenvalue weighted by Gasteiger charge is 2.31. The van der Waals surface area contributed by atoms with E-state index >= 15 is 0 Å². The van der Waals surface area contributed by atoms with Crippen LogP contribution < -0.4 is 27.4 Å². The van der Waals surface area contributed by atoms with Crippen molar-refractivity contribution in [3.63, 3.8) is 0 Å². The van der Waals surface area contributed by atoms with Gasteiger partial charge in [0.15, 0.2) is 0 Å². The highest BCUT2D eigenvalue weighted by atomic mass is 16.4. The molecule has 29 heavy (non-hydrogen) atoms. The Balaban J connectivity index is 4.97. The van der Waals surface area contributed by atoms with E-state index in [1.807, 2.05) is 0 Å². The van der Waals surface area contributed by atoms with Gasteiger partial charge in [0.25, 0.3) is 0 Å². The monoisotopic (exact) mass is 417 g/mol. The zero-order valence-corrected chi connectivity index (χ0v) is 17.1. The van der Waals surface area contributed by atoms with Gasteiger partial charge in [0.1, 0.15) is 18.1 Å². The summed E-state index contributed by atoms with van der Waals surface area (Å²) in [6.07, 6.45) is 2.77. The number of carboxylic acids is 1. The van der Waals surface area contributed by atoms with E-state index in [9.17, 15) is 24.3 Å². The first-order valence-electron chi connectivity index (χ1n) is 9.88. The van der Waals surface area contributed by atoms with Crippen molar-refractivity contribution in [3.8, 4) is 0 Å². The first kappa shape index (κ1) is 26.8. The molecule has 0 aromatic carbocycles. The highest BCUT2D eigenvalue weighted by molar-refractivity contribution is 5.93. The minimum atomic E-state index is -1.42. The number of nitrogens with one attached hydrogen (secondary N) is 3. The Kier molecular flexibility index (Phi) is 13.6. The lowest BCUT2D eigenvalue weighted by Crippen LogP contribution is -2.60. The van der Waals surface area contributed by atoms with Gasteiger partial charge in [-0.3, -0.25) is 14.4 Å². The lowest BCUT2D eigenvalue weighted by molar-refractivity contribution is -0.142. The lowest BCUT2D eigenvalue weighted by atomic mass is 10.1. The molecule has 0 rings (SSSR count). The van der Waals surface area contributed by atoms with Crippen LogP contribution in [0.2, 0.25) is 0 Å². The van der Waals surface area contributed by atoms with Gasteiger partial charge < -0.3 is 37.6 Å². The summed E-state index contributed by atoms with van der Waals surface area (Å²) in [5.41, 5.74) is 10.8. The number of carboxylic acid groups (broad SMARTS) is 1. The van der Waals surface area contributed by atoms with Gasteiger partial charge in [0, 0.05) is 13.0 Å². The molecule has 0 aromatic heterocycles. The molecule has 0 saturated carbocycles. The normalized spacial score (nSPS) is 14.9. The SMILES string of the molecule is CCCCCCC(=O)N[C@@H](CCN)C(=O)N[C@H](C(=O)N[C@@H](CN)C(=O)O)[C@@H](C)O. The van der Waals surface area contributed by atoms with Gasteiger partial charge in [-0.15, -0.1) is 0 Å². The van der Waals surface area contributed by atoms with E-state index in [2.05, 4.69) is 22.9 Å². The number of aliphatic carboxylic acids is 1. The number of rotatable bonds is 15. The van der Waals surface area contributed by atoms with Crippen LogP contribution in [0.5, 0.6) is 0 Å². The third-order valence-corrected chi connectivity index (χ3v) is 4.28. The largest absolute Gasteiger partial charge is 0.480 e. The smallest absolute Gasteiger partial charge is 0.327 e. The molecule has 0 heterocycles. The zero-order chi connectivity index (χ0) is 22.4. The number of carbonyl (C=O) groups excluding carboxylic acids is 3. The summed E-state index contributed by atoms with van der Waals surface area (Å²) in [7, 11) is 0. The minimum absolute atomic E-state index is 0.119. The van der Waals surface area contributed by atoms with Gasteiger partial charge in [-0.1, -0.05) is 26.2 Å². The Bertz CT molecular complexity index is 543. The Morgan fingerprint density at radius 3 is 2.07 bits per heavy atom. The van der Waals surface area contributed by atoms with E-state index in [-0.39, 0.29) is 31.8 Å². The Labute approximate surface area is 171 Å². The molecule has 11 heteroatoms. The molecule has 9 N–H and O–H groups in total. The third-order valence-electron chi connectivity index (χ3n) is 4.28. The summed E-state index contributed by atoms with van der Waals surface area (Å²) < 4.78 is 0. The summed E-state index contributed by atoms with van der Waals surface area (Å²) in [5.74, 6) is -3.24. The fourth-order valence-electron chi connectivity index (χ4n) is 2.56. The number of carbonyl (C=O) groups is 4. The molecule has 0 aliphatic heterocycles. The second-order valence-electron chi connectivity index (χ2n) is 6.87. The summed E-state index contributed by atoms with van der Waals surface area (Å²) in [6.45, 7) is 3.09. The van der Waals surface area contributed by atoms with E-state index in [4.69, 9.17) is 16.6 Å². The van der Waals surface area contributed by atoms with E-state index in [0.717, 1.165) is 19.3 Å². The standard InChI is InChI=1S/C18H35N5O6/c1-3-4-5-6-7-14(25)21-12(8-9-19)16(26)23-15(11(2)24)17(27)22-13(10-20)18(28)29/h11-13,15,24H,3-10,19-20H2,1-2H3,(H,21,25)(H,22,27)(H,23,26)(H,28,29)/t11-,12+,13+,15+/m1/s1. The van der Waals surface area contributed by atoms with E-state index in [0.29, 0.717) is 6.42 Å². The van der Waals surface area contributed by atoms with Gasteiger partial charge in [-0.2, -0.15) is 0 Å². The number of nitrogens with two attached hydrogens (primary N) is 2. The maximum Gasteiger partial charge on any atom is 0.327 e. The summed E-state index contributed by atoms with van der Waals surface area (Å²) in [6, 6.07) is -3.75. The molecular weight excluding hydrogens is 382 g/mol. The summed E-state index contributed by atoms with van der Waals surface area (Å²) in [5, 5.41) is 25.9. The number of amides is 3. The predicted molar refractivity (Wildman–Crippen MR) is 107 cm³/mol. The molecular formula is C18H35N5O6. The molecule has 0 aliphatic rings. The average molecular weight is 418 g/mol. The Morgan fingerprint density at radius 1 is 0.931 bits per heavy atom. The molecule has 0 unspecified atom stereocenters. The number of hydrogen-bond acceptors (Lipinski definition) is 7. The molecule has 4 atom stereocenters. The molecule has 0 aromatic rings. The number of aliphatic hydroxyl groups excluding tert-OH is 1. The molecule has 11 nitrogen and oxygen atoms in total. The predicted octanol–water partition coefficient (Wildman–Crippen LogP) is -1.82. The quantitative estimate of drug-likeness (QED) is 0.151. The molecule has 0 saturated heterocycles. The number of hydrogen-bond donors (Lipinski definition) is 7. The second-order valence-corrected chi connectivity index (χ2v) is 6.87. The van der Waals surface area contributed by atoms with Crippen molar-refractivity contribution in [2.45, 2.75) is 76.6 Å². The van der Waals surface area contributed by atoms with Crippen molar-refractivity contribution in [2.75, 3.05) is 13.1 Å². The van der Waals surface area contributed by atoms with Gasteiger partial charge in [0.05, 0.1) is 6.10 Å². The maximum absolute atomic E-state index is 12.5. The van der Waals surface area contributed by atoms with Crippen LogP contribution in [0.25, 0.3) is 0 Å². The average Bonchev–Trinajstić information content (AvgIpc) is 2.66. The van der Waals surface area contributed by atoms with Crippen molar-refractivity contribution in [3.05, 3.63) is 0 Å². The molecule has 0 radical (unpaired) electrons. The molecule has 0 spiro atoms. The Morgan fingerprint density at radius 2 is 1.59 bits per heavy atom. The van der Waals surface area contributed by atoms with Crippen LogP contribution in [0.1, 0.15) is 52.4 Å². The van der Waals surface area contributed by atoms with Crippen LogP contribution >= 0.6 is 0 Å². The van der Waals surface area contributed by atoms with Gasteiger partial charge >= 0.3 is 5.97 Å². The first-order valence-corrected chi connectivity index (χ1v) is 9.88. The minimum Gasteiger partial charge on any atom is -0.480 e. The van der Waals surface area contributed by atoms with Crippen LogP contribution in [-0.2, 0) is 19.2 Å². The van der Waals surface area contributed by atoms with Gasteiger partial charge in [0.2, 0.25) is 17.7 Å². The van der Waals surface area contributed by atoms with Gasteiger partial charge in [-0.05, 0) is 26.3 Å². The number of unbranched alkanes of at least 4 members (excludes halogenated alkanes) is 3. The zero-order valence-electron chi connectivity index (χ0n) is 17.1. The second kappa shape index (κ2) is 14.7. The summed E-state index contributed by atoms with van der Waals surface area (Å²) in [4.78, 5) is 47.9. The first-order chi connectivity index (χ1) is 13.7. The molecule has 0 fully saturated rings. The molecule has 0 aliphatic carbocycles. The maximum atomic E-state index is 12.5. The van der Waals surface area contributed by atoms with Crippen LogP contribution in [-0.4, -0.2) is 71.2 Å². The highest BCUT2D eigenvalue weighted by Crippen LogP contribution is 2.04. The summed E-state index contributed by atoms with van der Waals surface area (Å²) >= 11 is 0. The molecule has 168 valence electrons. The lowest BCUT2D eigenvalue weighted by Gasteiger charge is -2.25. The fraction of sp³-hybridized carbons (Fsp3) is 0.778. The van der Waals surface area contributed by atoms with Crippen molar-refractivity contribution in [1.82, 2.24) is 16.0 Å². The molecule has 3 amide bonds. The van der Waals surface area contributed by atoms with Crippen LogP contribution in [0.3, 0.4) is 0 Å². The van der Waals surface area contributed by atoms with E-state index < -0.39 is 42.0 Å². The van der Waals surface area contributed by atoms with E-state index in [1.165, 1.54) is 6.92 Å². The van der Waals surface area contributed by atoms with Crippen molar-refractivity contribution in [1.29, 1.82) is 0 Å². The number of aliphatic hydroxyl groups is 1. The van der Waals surface area contributed by atoms with Crippen molar-refractivity contribution < 1.29 is 29.4 Å². The van der Waals surface area contributed by atoms with Crippen LogP contribution in [0.15, 0.2) is 0 Å². The Hall–Kier alpha value is -2.24. The van der Waals surface area contributed by atoms with E-state index in [1.54, 1.807) is 0 Å². The molecule has 0 bridgehead atoms. The fourth-order valence-corrected chi connectivity index (χ4v) is 2.56. The van der Waals surface area contributed by atoms with Crippen LogP contribution in [0.4, 0.5) is 0 Å². The topological polar surface area (TPSA) is 197 Å². The van der Waals surface area contributed by atoms with Gasteiger partial charge in [-0.25, -0.2) is 4.79 Å².